The van der Waals surface area contributed by atoms with E-state index in [1.165, 1.54) is 0 Å². The minimum absolute atomic E-state index is 0. The summed E-state index contributed by atoms with van der Waals surface area (Å²) in [5.41, 5.74) is 2.41. The molecule has 1 amide bonds. The SMILES string of the molecule is C[C@@H]1CN(C(=O)c2cn(C)nc2-c2ccccc2)CCN1.Cl. The van der Waals surface area contributed by atoms with Gasteiger partial charge < -0.3 is 10.2 Å². The van der Waals surface area contributed by atoms with E-state index in [4.69, 9.17) is 0 Å². The van der Waals surface area contributed by atoms with Gasteiger partial charge in [0.2, 0.25) is 0 Å². The van der Waals surface area contributed by atoms with Gasteiger partial charge >= 0.3 is 0 Å². The molecule has 22 heavy (non-hydrogen) atoms. The first kappa shape index (κ1) is 16.5. The molecule has 1 aliphatic rings. The first-order valence-electron chi connectivity index (χ1n) is 7.27. The van der Waals surface area contributed by atoms with Gasteiger partial charge in [-0.15, -0.1) is 12.4 Å². The van der Waals surface area contributed by atoms with E-state index in [2.05, 4.69) is 17.3 Å². The zero-order valence-corrected chi connectivity index (χ0v) is 13.6. The monoisotopic (exact) mass is 320 g/mol. The van der Waals surface area contributed by atoms with E-state index in [1.807, 2.05) is 48.5 Å². The second kappa shape index (κ2) is 6.94. The van der Waals surface area contributed by atoms with Crippen LogP contribution in [-0.4, -0.2) is 46.3 Å². The Morgan fingerprint density at radius 3 is 2.73 bits per heavy atom. The number of nitrogens with one attached hydrogen (secondary N) is 1. The number of aromatic nitrogens is 2. The number of carbonyl (C=O) groups is 1. The van der Waals surface area contributed by atoms with Gasteiger partial charge in [-0.05, 0) is 6.92 Å². The predicted octanol–water partition coefficient (Wildman–Crippen LogP) is 1.94. The van der Waals surface area contributed by atoms with Gasteiger partial charge in [0.25, 0.3) is 5.91 Å². The van der Waals surface area contributed by atoms with Crippen molar-refractivity contribution >= 4 is 18.3 Å². The van der Waals surface area contributed by atoms with Gasteiger partial charge in [-0.2, -0.15) is 5.10 Å². The summed E-state index contributed by atoms with van der Waals surface area (Å²) in [6.07, 6.45) is 1.82. The summed E-state index contributed by atoms with van der Waals surface area (Å²) < 4.78 is 1.71. The molecule has 1 aromatic carbocycles. The molecule has 2 heterocycles. The smallest absolute Gasteiger partial charge is 0.257 e. The Morgan fingerprint density at radius 1 is 1.32 bits per heavy atom. The number of carbonyl (C=O) groups excluding carboxylic acids is 1. The molecular formula is C16H21ClN4O. The number of piperazine rings is 1. The third-order valence-electron chi connectivity index (χ3n) is 3.76. The maximum absolute atomic E-state index is 12.8. The van der Waals surface area contributed by atoms with E-state index in [0.29, 0.717) is 11.6 Å². The van der Waals surface area contributed by atoms with Crippen molar-refractivity contribution in [2.24, 2.45) is 7.05 Å². The van der Waals surface area contributed by atoms with Gasteiger partial charge in [-0.3, -0.25) is 9.48 Å². The molecule has 0 spiro atoms. The summed E-state index contributed by atoms with van der Waals surface area (Å²) in [4.78, 5) is 14.7. The lowest BCUT2D eigenvalue weighted by atomic mass is 10.1. The third-order valence-corrected chi connectivity index (χ3v) is 3.76. The molecule has 1 saturated heterocycles. The number of benzene rings is 1. The minimum Gasteiger partial charge on any atom is -0.336 e. The second-order valence-corrected chi connectivity index (χ2v) is 5.54. The van der Waals surface area contributed by atoms with Crippen molar-refractivity contribution in [2.75, 3.05) is 19.6 Å². The summed E-state index contributed by atoms with van der Waals surface area (Å²) in [6, 6.07) is 10.2. The van der Waals surface area contributed by atoms with Crippen LogP contribution >= 0.6 is 12.4 Å². The molecule has 1 fully saturated rings. The second-order valence-electron chi connectivity index (χ2n) is 5.54. The quantitative estimate of drug-likeness (QED) is 0.920. The molecule has 0 aliphatic carbocycles. The topological polar surface area (TPSA) is 50.2 Å². The van der Waals surface area contributed by atoms with Crippen molar-refractivity contribution in [1.29, 1.82) is 0 Å². The van der Waals surface area contributed by atoms with E-state index < -0.39 is 0 Å². The van der Waals surface area contributed by atoms with Crippen LogP contribution in [0.15, 0.2) is 36.5 Å². The fourth-order valence-corrected chi connectivity index (χ4v) is 2.74. The van der Waals surface area contributed by atoms with Gasteiger partial charge in [0.15, 0.2) is 0 Å². The Hall–Kier alpha value is -1.85. The zero-order chi connectivity index (χ0) is 14.8. The maximum atomic E-state index is 12.8. The largest absolute Gasteiger partial charge is 0.336 e. The Bertz CT molecular complexity index is 641. The molecule has 3 rings (SSSR count). The van der Waals surface area contributed by atoms with Crippen LogP contribution in [0.4, 0.5) is 0 Å². The third kappa shape index (κ3) is 3.31. The molecule has 5 nitrogen and oxygen atoms in total. The number of aryl methyl sites for hydroxylation is 1. The molecule has 2 aromatic rings. The molecule has 1 N–H and O–H groups in total. The fourth-order valence-electron chi connectivity index (χ4n) is 2.74. The highest BCUT2D eigenvalue weighted by molar-refractivity contribution is 5.99. The molecular weight excluding hydrogens is 300 g/mol. The first-order chi connectivity index (χ1) is 10.1. The standard InChI is InChI=1S/C16H20N4O.ClH/c1-12-10-20(9-8-17-12)16(21)14-11-19(2)18-15(14)13-6-4-3-5-7-13;/h3-7,11-12,17H,8-10H2,1-2H3;1H/t12-;/m1./s1. The molecule has 118 valence electrons. The summed E-state index contributed by atoms with van der Waals surface area (Å²) >= 11 is 0. The van der Waals surface area contributed by atoms with Crippen molar-refractivity contribution in [3.05, 3.63) is 42.1 Å². The van der Waals surface area contributed by atoms with E-state index in [-0.39, 0.29) is 18.3 Å². The van der Waals surface area contributed by atoms with E-state index >= 15 is 0 Å². The first-order valence-corrected chi connectivity index (χ1v) is 7.27. The van der Waals surface area contributed by atoms with Crippen molar-refractivity contribution < 1.29 is 4.79 Å². The maximum Gasteiger partial charge on any atom is 0.257 e. The predicted molar refractivity (Wildman–Crippen MR) is 89.3 cm³/mol. The molecule has 0 saturated carbocycles. The lowest BCUT2D eigenvalue weighted by Gasteiger charge is -2.31. The molecule has 0 radical (unpaired) electrons. The van der Waals surface area contributed by atoms with Crippen molar-refractivity contribution in [3.8, 4) is 11.3 Å². The average Bonchev–Trinajstić information content (AvgIpc) is 2.89. The Balaban J connectivity index is 0.00000176. The highest BCUT2D eigenvalue weighted by Gasteiger charge is 2.25. The van der Waals surface area contributed by atoms with E-state index in [1.54, 1.807) is 4.68 Å². The van der Waals surface area contributed by atoms with Crippen LogP contribution in [-0.2, 0) is 7.05 Å². The molecule has 0 bridgehead atoms. The van der Waals surface area contributed by atoms with E-state index in [9.17, 15) is 4.79 Å². The number of amides is 1. The molecule has 1 aliphatic heterocycles. The Morgan fingerprint density at radius 2 is 2.05 bits per heavy atom. The zero-order valence-electron chi connectivity index (χ0n) is 12.8. The number of rotatable bonds is 2. The summed E-state index contributed by atoms with van der Waals surface area (Å²) in [7, 11) is 1.85. The van der Waals surface area contributed by atoms with Crippen molar-refractivity contribution in [3.63, 3.8) is 0 Å². The van der Waals surface area contributed by atoms with Crippen LogP contribution in [0.2, 0.25) is 0 Å². The normalized spacial score (nSPS) is 17.9. The van der Waals surface area contributed by atoms with Gasteiger partial charge in [0, 0.05) is 44.5 Å². The summed E-state index contributed by atoms with van der Waals surface area (Å²) in [6.45, 7) is 4.42. The van der Waals surface area contributed by atoms with Crippen LogP contribution in [0.5, 0.6) is 0 Å². The molecule has 0 unspecified atom stereocenters. The molecule has 1 atom stereocenters. The Kier molecular flexibility index (Phi) is 5.21. The number of hydrogen-bond donors (Lipinski definition) is 1. The van der Waals surface area contributed by atoms with Crippen LogP contribution in [0, 0.1) is 0 Å². The number of nitrogens with zero attached hydrogens (tertiary/aromatic N) is 3. The average molecular weight is 321 g/mol. The van der Waals surface area contributed by atoms with E-state index in [0.717, 1.165) is 30.9 Å². The van der Waals surface area contributed by atoms with Gasteiger partial charge in [0.1, 0.15) is 5.69 Å². The van der Waals surface area contributed by atoms with Crippen molar-refractivity contribution in [2.45, 2.75) is 13.0 Å². The van der Waals surface area contributed by atoms with Crippen molar-refractivity contribution in [1.82, 2.24) is 20.0 Å². The highest BCUT2D eigenvalue weighted by Crippen LogP contribution is 2.23. The highest BCUT2D eigenvalue weighted by atomic mass is 35.5. The number of hydrogen-bond acceptors (Lipinski definition) is 3. The minimum atomic E-state index is 0. The Labute approximate surface area is 136 Å². The van der Waals surface area contributed by atoms with Crippen LogP contribution < -0.4 is 5.32 Å². The fraction of sp³-hybridized carbons (Fsp3) is 0.375. The number of halogens is 1. The van der Waals surface area contributed by atoms with Crippen LogP contribution in [0.1, 0.15) is 17.3 Å². The lowest BCUT2D eigenvalue weighted by Crippen LogP contribution is -2.51. The van der Waals surface area contributed by atoms with Gasteiger partial charge in [-0.25, -0.2) is 0 Å². The molecule has 1 aromatic heterocycles. The van der Waals surface area contributed by atoms with Gasteiger partial charge in [-0.1, -0.05) is 30.3 Å². The molecule has 6 heteroatoms. The summed E-state index contributed by atoms with van der Waals surface area (Å²) in [5.74, 6) is 0.0651. The summed E-state index contributed by atoms with van der Waals surface area (Å²) in [5, 5.41) is 7.82. The van der Waals surface area contributed by atoms with Crippen LogP contribution in [0.25, 0.3) is 11.3 Å². The van der Waals surface area contributed by atoms with Gasteiger partial charge in [0.05, 0.1) is 5.56 Å². The van der Waals surface area contributed by atoms with Crippen LogP contribution in [0.3, 0.4) is 0 Å². The lowest BCUT2D eigenvalue weighted by molar-refractivity contribution is 0.0710.